The van der Waals surface area contributed by atoms with Gasteiger partial charge in [0.2, 0.25) is 5.91 Å². The molecule has 2 aromatic heterocycles. The highest BCUT2D eigenvalue weighted by Gasteiger charge is 2.13. The number of hydrogen-bond acceptors (Lipinski definition) is 5. The van der Waals surface area contributed by atoms with E-state index in [1.165, 1.54) is 22.2 Å². The number of nitrogens with one attached hydrogen (secondary N) is 1. The maximum absolute atomic E-state index is 12.9. The number of rotatable bonds is 5. The molecule has 152 valence electrons. The van der Waals surface area contributed by atoms with Gasteiger partial charge in [-0.25, -0.2) is 4.98 Å². The Morgan fingerprint density at radius 2 is 1.93 bits per heavy atom. The van der Waals surface area contributed by atoms with Gasteiger partial charge in [-0.1, -0.05) is 23.2 Å². The van der Waals surface area contributed by atoms with Crippen LogP contribution in [0.4, 0.5) is 5.69 Å². The summed E-state index contributed by atoms with van der Waals surface area (Å²) in [6.45, 7) is -0.194. The van der Waals surface area contributed by atoms with Gasteiger partial charge in [-0.15, -0.1) is 11.3 Å². The number of ether oxygens (including phenoxy) is 1. The summed E-state index contributed by atoms with van der Waals surface area (Å²) in [5, 5.41) is 3.47. The van der Waals surface area contributed by atoms with E-state index in [4.69, 9.17) is 27.9 Å². The second-order valence-electron chi connectivity index (χ2n) is 6.40. The Kier molecular flexibility index (Phi) is 5.76. The van der Waals surface area contributed by atoms with E-state index in [0.29, 0.717) is 25.9 Å². The SMILES string of the molecule is COc1ccc(-c2cc3ncn(CC(=O)Nc4cc(Cl)ccc4Cl)c(=O)c3s2)cc1. The van der Waals surface area contributed by atoms with Crippen LogP contribution in [0.1, 0.15) is 0 Å². The second kappa shape index (κ2) is 8.47. The third-order valence-electron chi connectivity index (χ3n) is 4.39. The molecule has 0 atom stereocenters. The quantitative estimate of drug-likeness (QED) is 0.451. The van der Waals surface area contributed by atoms with E-state index < -0.39 is 5.91 Å². The van der Waals surface area contributed by atoms with E-state index in [1.54, 1.807) is 25.3 Å². The van der Waals surface area contributed by atoms with E-state index in [2.05, 4.69) is 10.3 Å². The lowest BCUT2D eigenvalue weighted by Gasteiger charge is -2.09. The largest absolute Gasteiger partial charge is 0.497 e. The maximum Gasteiger partial charge on any atom is 0.271 e. The van der Waals surface area contributed by atoms with Gasteiger partial charge < -0.3 is 10.1 Å². The predicted molar refractivity (Wildman–Crippen MR) is 121 cm³/mol. The zero-order valence-corrected chi connectivity index (χ0v) is 18.0. The van der Waals surface area contributed by atoms with Crippen LogP contribution in [0.5, 0.6) is 5.75 Å². The summed E-state index contributed by atoms with van der Waals surface area (Å²) in [6, 6.07) is 14.2. The van der Waals surface area contributed by atoms with Gasteiger partial charge in [0.1, 0.15) is 17.0 Å². The first-order chi connectivity index (χ1) is 14.4. The average molecular weight is 460 g/mol. The van der Waals surface area contributed by atoms with Crippen LogP contribution in [-0.2, 0) is 11.3 Å². The monoisotopic (exact) mass is 459 g/mol. The predicted octanol–water partition coefficient (Wildman–Crippen LogP) is 5.08. The fourth-order valence-corrected chi connectivity index (χ4v) is 4.30. The van der Waals surface area contributed by atoms with E-state index >= 15 is 0 Å². The summed E-state index contributed by atoms with van der Waals surface area (Å²) in [5.41, 5.74) is 1.65. The van der Waals surface area contributed by atoms with Crippen molar-refractivity contribution in [1.29, 1.82) is 0 Å². The number of amides is 1. The molecule has 4 aromatic rings. The van der Waals surface area contributed by atoms with Crippen molar-refractivity contribution in [3.63, 3.8) is 0 Å². The van der Waals surface area contributed by atoms with Crippen LogP contribution >= 0.6 is 34.5 Å². The van der Waals surface area contributed by atoms with Gasteiger partial charge in [0.25, 0.3) is 5.56 Å². The molecule has 1 amide bonds. The summed E-state index contributed by atoms with van der Waals surface area (Å²) in [4.78, 5) is 30.5. The van der Waals surface area contributed by atoms with Gasteiger partial charge >= 0.3 is 0 Å². The number of fused-ring (bicyclic) bond motifs is 1. The molecule has 0 aliphatic carbocycles. The van der Waals surface area contributed by atoms with Crippen molar-refractivity contribution in [3.8, 4) is 16.2 Å². The first kappa shape index (κ1) is 20.4. The van der Waals surface area contributed by atoms with E-state index in [-0.39, 0.29) is 12.1 Å². The highest BCUT2D eigenvalue weighted by Crippen LogP contribution is 2.31. The number of carbonyl (C=O) groups is 1. The topological polar surface area (TPSA) is 73.2 Å². The summed E-state index contributed by atoms with van der Waals surface area (Å²) in [6.07, 6.45) is 1.37. The highest BCUT2D eigenvalue weighted by molar-refractivity contribution is 7.22. The first-order valence-electron chi connectivity index (χ1n) is 8.83. The number of carbonyl (C=O) groups excluding carboxylic acids is 1. The minimum absolute atomic E-state index is 0.194. The number of methoxy groups -OCH3 is 1. The maximum atomic E-state index is 12.9. The van der Waals surface area contributed by atoms with Gasteiger partial charge in [0, 0.05) is 9.90 Å². The average Bonchev–Trinajstić information content (AvgIpc) is 3.18. The highest BCUT2D eigenvalue weighted by atomic mass is 35.5. The molecule has 1 N–H and O–H groups in total. The molecule has 6 nitrogen and oxygen atoms in total. The van der Waals surface area contributed by atoms with Crippen LogP contribution in [-0.4, -0.2) is 22.6 Å². The number of thiophene rings is 1. The molecule has 0 unspecified atom stereocenters. The van der Waals surface area contributed by atoms with Gasteiger partial charge in [0.15, 0.2) is 0 Å². The van der Waals surface area contributed by atoms with Gasteiger partial charge in [-0.3, -0.25) is 14.2 Å². The second-order valence-corrected chi connectivity index (χ2v) is 8.30. The number of nitrogens with zero attached hydrogens (tertiary/aromatic N) is 2. The lowest BCUT2D eigenvalue weighted by Crippen LogP contribution is -2.27. The third kappa shape index (κ3) is 4.18. The summed E-state index contributed by atoms with van der Waals surface area (Å²) >= 11 is 13.3. The third-order valence-corrected chi connectivity index (χ3v) is 6.12. The van der Waals surface area contributed by atoms with Crippen molar-refractivity contribution >= 4 is 56.3 Å². The molecular formula is C21H15Cl2N3O3S. The van der Waals surface area contributed by atoms with Crippen molar-refractivity contribution in [2.75, 3.05) is 12.4 Å². The molecule has 0 saturated carbocycles. The standard InChI is InChI=1S/C21H15Cl2N3O3S/c1-29-14-5-2-12(3-6-14)18-9-17-20(30-18)21(28)26(11-24-17)10-19(27)25-16-8-13(22)4-7-15(16)23/h2-9,11H,10H2,1H3,(H,25,27). The molecule has 0 aliphatic rings. The van der Waals surface area contributed by atoms with Crippen molar-refractivity contribution in [2.45, 2.75) is 6.54 Å². The molecule has 30 heavy (non-hydrogen) atoms. The van der Waals surface area contributed by atoms with E-state index in [0.717, 1.165) is 16.2 Å². The van der Waals surface area contributed by atoms with Crippen LogP contribution in [0.2, 0.25) is 10.0 Å². The van der Waals surface area contributed by atoms with Gasteiger partial charge in [-0.2, -0.15) is 0 Å². The van der Waals surface area contributed by atoms with E-state index in [9.17, 15) is 9.59 Å². The molecule has 0 aliphatic heterocycles. The zero-order valence-electron chi connectivity index (χ0n) is 15.7. The minimum atomic E-state index is -0.408. The Labute approximate surface area is 185 Å². The first-order valence-corrected chi connectivity index (χ1v) is 10.4. The smallest absolute Gasteiger partial charge is 0.271 e. The number of aromatic nitrogens is 2. The minimum Gasteiger partial charge on any atom is -0.497 e. The number of benzene rings is 2. The van der Waals surface area contributed by atoms with Gasteiger partial charge in [0.05, 0.1) is 29.7 Å². The molecule has 0 saturated heterocycles. The zero-order chi connectivity index (χ0) is 21.3. The molecule has 9 heteroatoms. The number of halogens is 2. The Morgan fingerprint density at radius 3 is 2.67 bits per heavy atom. The fraction of sp³-hybridized carbons (Fsp3) is 0.0952. The fourth-order valence-electron chi connectivity index (χ4n) is 2.89. The number of hydrogen-bond donors (Lipinski definition) is 1. The summed E-state index contributed by atoms with van der Waals surface area (Å²) in [5.74, 6) is 0.348. The molecule has 0 radical (unpaired) electrons. The molecule has 0 fully saturated rings. The molecule has 2 aromatic carbocycles. The Bertz CT molecular complexity index is 1300. The molecular weight excluding hydrogens is 445 g/mol. The summed E-state index contributed by atoms with van der Waals surface area (Å²) in [7, 11) is 1.61. The van der Waals surface area contributed by atoms with Crippen molar-refractivity contribution in [3.05, 3.63) is 75.3 Å². The van der Waals surface area contributed by atoms with Crippen LogP contribution in [0.15, 0.2) is 59.7 Å². The van der Waals surface area contributed by atoms with Crippen molar-refractivity contribution in [2.24, 2.45) is 0 Å². The summed E-state index contributed by atoms with van der Waals surface area (Å²) < 4.78 is 6.93. The Hall–Kier alpha value is -2.87. The van der Waals surface area contributed by atoms with Crippen molar-refractivity contribution < 1.29 is 9.53 Å². The van der Waals surface area contributed by atoms with Gasteiger partial charge in [-0.05, 0) is 54.1 Å². The van der Waals surface area contributed by atoms with E-state index in [1.807, 2.05) is 30.3 Å². The van der Waals surface area contributed by atoms with Crippen LogP contribution in [0, 0.1) is 0 Å². The van der Waals surface area contributed by atoms with Crippen molar-refractivity contribution in [1.82, 2.24) is 9.55 Å². The number of anilines is 1. The molecule has 4 rings (SSSR count). The van der Waals surface area contributed by atoms with Crippen LogP contribution in [0.25, 0.3) is 20.7 Å². The Morgan fingerprint density at radius 1 is 1.17 bits per heavy atom. The molecule has 0 bridgehead atoms. The molecule has 0 spiro atoms. The lowest BCUT2D eigenvalue weighted by atomic mass is 10.2. The lowest BCUT2D eigenvalue weighted by molar-refractivity contribution is -0.116. The normalized spacial score (nSPS) is 10.9. The van der Waals surface area contributed by atoms with Crippen LogP contribution < -0.4 is 15.6 Å². The molecule has 2 heterocycles. The Balaban J connectivity index is 1.59. The van der Waals surface area contributed by atoms with Crippen LogP contribution in [0.3, 0.4) is 0 Å².